The number of nitrogens with zero attached hydrogens (tertiary/aromatic N) is 1. The maximum atomic E-state index is 13.8. The number of fused-ring (bicyclic) bond motifs is 1. The Bertz CT molecular complexity index is 658. The summed E-state index contributed by atoms with van der Waals surface area (Å²) < 4.78 is 13.8. The van der Waals surface area contributed by atoms with Crippen molar-refractivity contribution >= 4 is 28.2 Å². The van der Waals surface area contributed by atoms with Crippen molar-refractivity contribution in [3.8, 4) is 0 Å². The van der Waals surface area contributed by atoms with E-state index in [1.165, 1.54) is 24.4 Å². The van der Waals surface area contributed by atoms with Crippen LogP contribution in [0.1, 0.15) is 13.8 Å². The number of carboxylic acid groups (broad SMARTS) is 1. The van der Waals surface area contributed by atoms with Crippen LogP contribution in [0.5, 0.6) is 0 Å². The minimum absolute atomic E-state index is 0.153. The highest BCUT2D eigenvalue weighted by Gasteiger charge is 2.23. The summed E-state index contributed by atoms with van der Waals surface area (Å²) in [7, 11) is 0. The number of hydrogen-bond donors (Lipinski definition) is 3. The van der Waals surface area contributed by atoms with Crippen molar-refractivity contribution in [2.75, 3.05) is 11.1 Å². The molecule has 1 atom stereocenters. The van der Waals surface area contributed by atoms with Crippen LogP contribution in [-0.4, -0.2) is 22.1 Å². The molecule has 0 saturated carbocycles. The van der Waals surface area contributed by atoms with Crippen molar-refractivity contribution in [1.29, 1.82) is 0 Å². The normalized spacial score (nSPS) is 12.6. The number of rotatable bonds is 4. The highest BCUT2D eigenvalue weighted by Crippen LogP contribution is 2.29. The SMILES string of the molecule is CC(C)C(Nc1nccc2c(F)ccc(N)c12)C(=O)O. The maximum Gasteiger partial charge on any atom is 0.326 e. The minimum Gasteiger partial charge on any atom is -0.480 e. The fourth-order valence-corrected chi connectivity index (χ4v) is 2.06. The molecule has 1 unspecified atom stereocenters. The van der Waals surface area contributed by atoms with E-state index < -0.39 is 17.8 Å². The Morgan fingerprint density at radius 2 is 2.10 bits per heavy atom. The third kappa shape index (κ3) is 2.49. The molecule has 5 nitrogen and oxygen atoms in total. The Balaban J connectivity index is 2.55. The molecule has 0 aliphatic rings. The molecule has 106 valence electrons. The van der Waals surface area contributed by atoms with E-state index in [2.05, 4.69) is 10.3 Å². The number of carboxylic acids is 1. The van der Waals surface area contributed by atoms with Crippen LogP contribution in [-0.2, 0) is 4.79 Å². The summed E-state index contributed by atoms with van der Waals surface area (Å²) in [5, 5.41) is 12.8. The second-order valence-corrected chi connectivity index (χ2v) is 4.92. The number of nitrogens with two attached hydrogens (primary N) is 1. The number of pyridine rings is 1. The number of nitrogen functional groups attached to an aromatic ring is 1. The Labute approximate surface area is 115 Å². The molecule has 0 bridgehead atoms. The van der Waals surface area contributed by atoms with Crippen molar-refractivity contribution in [3.63, 3.8) is 0 Å². The minimum atomic E-state index is -0.992. The van der Waals surface area contributed by atoms with E-state index in [9.17, 15) is 14.3 Å². The number of anilines is 2. The zero-order valence-corrected chi connectivity index (χ0v) is 11.2. The van der Waals surface area contributed by atoms with Gasteiger partial charge in [0.1, 0.15) is 17.7 Å². The molecule has 2 rings (SSSR count). The monoisotopic (exact) mass is 277 g/mol. The average Bonchev–Trinajstić information content (AvgIpc) is 2.39. The number of carbonyl (C=O) groups is 1. The van der Waals surface area contributed by atoms with E-state index in [4.69, 9.17) is 5.73 Å². The van der Waals surface area contributed by atoms with E-state index in [1.807, 2.05) is 0 Å². The summed E-state index contributed by atoms with van der Waals surface area (Å²) in [4.78, 5) is 15.3. The lowest BCUT2D eigenvalue weighted by Gasteiger charge is -2.20. The summed E-state index contributed by atoms with van der Waals surface area (Å²) in [5.74, 6) is -1.29. The first kappa shape index (κ1) is 14.0. The van der Waals surface area contributed by atoms with E-state index in [1.54, 1.807) is 13.8 Å². The van der Waals surface area contributed by atoms with Gasteiger partial charge in [-0.25, -0.2) is 14.2 Å². The van der Waals surface area contributed by atoms with Gasteiger partial charge in [-0.1, -0.05) is 13.8 Å². The smallest absolute Gasteiger partial charge is 0.326 e. The molecule has 0 fully saturated rings. The predicted molar refractivity (Wildman–Crippen MR) is 76.0 cm³/mol. The number of aromatic nitrogens is 1. The lowest BCUT2D eigenvalue weighted by molar-refractivity contribution is -0.138. The first-order valence-electron chi connectivity index (χ1n) is 6.24. The Morgan fingerprint density at radius 1 is 1.40 bits per heavy atom. The topological polar surface area (TPSA) is 88.2 Å². The third-order valence-corrected chi connectivity index (χ3v) is 3.13. The van der Waals surface area contributed by atoms with Gasteiger partial charge >= 0.3 is 5.97 Å². The van der Waals surface area contributed by atoms with Crippen LogP contribution in [0.4, 0.5) is 15.9 Å². The van der Waals surface area contributed by atoms with Crippen LogP contribution >= 0.6 is 0 Å². The van der Waals surface area contributed by atoms with Crippen LogP contribution < -0.4 is 11.1 Å². The van der Waals surface area contributed by atoms with Gasteiger partial charge in [-0.2, -0.15) is 0 Å². The van der Waals surface area contributed by atoms with Crippen molar-refractivity contribution in [3.05, 3.63) is 30.2 Å². The quantitative estimate of drug-likeness (QED) is 0.747. The molecule has 1 aromatic carbocycles. The number of benzene rings is 1. The standard InChI is InChI=1S/C14H16FN3O2/c1-7(2)12(14(19)20)18-13-11-8(5-6-17-13)9(15)3-4-10(11)16/h3-7,12H,16H2,1-2H3,(H,17,18)(H,19,20). The molecular formula is C14H16FN3O2. The number of nitrogens with one attached hydrogen (secondary N) is 1. The fraction of sp³-hybridized carbons (Fsp3) is 0.286. The average molecular weight is 277 g/mol. The Hall–Kier alpha value is -2.37. The van der Waals surface area contributed by atoms with E-state index in [0.29, 0.717) is 16.5 Å². The van der Waals surface area contributed by atoms with Gasteiger partial charge in [0, 0.05) is 17.3 Å². The summed E-state index contributed by atoms with van der Waals surface area (Å²) >= 11 is 0. The molecule has 0 aliphatic heterocycles. The zero-order chi connectivity index (χ0) is 14.9. The van der Waals surface area contributed by atoms with Gasteiger partial charge in [-0.15, -0.1) is 0 Å². The van der Waals surface area contributed by atoms with Gasteiger partial charge < -0.3 is 16.2 Å². The first-order chi connectivity index (χ1) is 9.41. The second kappa shape index (κ2) is 5.32. The third-order valence-electron chi connectivity index (χ3n) is 3.13. The molecule has 0 spiro atoms. The summed E-state index contributed by atoms with van der Waals surface area (Å²) in [5.41, 5.74) is 6.21. The maximum absolute atomic E-state index is 13.8. The van der Waals surface area contributed by atoms with Gasteiger partial charge in [0.2, 0.25) is 0 Å². The largest absolute Gasteiger partial charge is 0.480 e. The first-order valence-corrected chi connectivity index (χ1v) is 6.24. The molecule has 0 amide bonds. The number of hydrogen-bond acceptors (Lipinski definition) is 4. The van der Waals surface area contributed by atoms with Crippen molar-refractivity contribution in [2.24, 2.45) is 5.92 Å². The van der Waals surface area contributed by atoms with Crippen LogP contribution in [0.2, 0.25) is 0 Å². The molecular weight excluding hydrogens is 261 g/mol. The molecule has 0 radical (unpaired) electrons. The highest BCUT2D eigenvalue weighted by molar-refractivity contribution is 6.01. The van der Waals surface area contributed by atoms with E-state index >= 15 is 0 Å². The molecule has 6 heteroatoms. The number of aliphatic carboxylic acids is 1. The molecule has 0 saturated heterocycles. The fourth-order valence-electron chi connectivity index (χ4n) is 2.06. The van der Waals surface area contributed by atoms with Crippen molar-refractivity contribution < 1.29 is 14.3 Å². The van der Waals surface area contributed by atoms with Gasteiger partial charge in [-0.05, 0) is 24.1 Å². The zero-order valence-electron chi connectivity index (χ0n) is 11.2. The summed E-state index contributed by atoms with van der Waals surface area (Å²) in [6.45, 7) is 3.56. The number of halogens is 1. The van der Waals surface area contributed by atoms with E-state index in [0.717, 1.165) is 0 Å². The Kier molecular flexibility index (Phi) is 3.74. The van der Waals surface area contributed by atoms with Crippen LogP contribution in [0, 0.1) is 11.7 Å². The lowest BCUT2D eigenvalue weighted by Crippen LogP contribution is -2.34. The van der Waals surface area contributed by atoms with Crippen molar-refractivity contribution in [1.82, 2.24) is 4.98 Å². The molecule has 0 aliphatic carbocycles. The second-order valence-electron chi connectivity index (χ2n) is 4.92. The molecule has 20 heavy (non-hydrogen) atoms. The van der Waals surface area contributed by atoms with Gasteiger partial charge in [0.25, 0.3) is 0 Å². The lowest BCUT2D eigenvalue weighted by atomic mass is 10.0. The molecule has 2 aromatic rings. The molecule has 1 aromatic heterocycles. The molecule has 4 N–H and O–H groups in total. The highest BCUT2D eigenvalue weighted by atomic mass is 19.1. The van der Waals surface area contributed by atoms with Gasteiger partial charge in [0.05, 0.1) is 5.39 Å². The van der Waals surface area contributed by atoms with Gasteiger partial charge in [0.15, 0.2) is 0 Å². The predicted octanol–water partition coefficient (Wildman–Crippen LogP) is 2.48. The van der Waals surface area contributed by atoms with Crippen LogP contribution in [0.3, 0.4) is 0 Å². The van der Waals surface area contributed by atoms with Crippen LogP contribution in [0.15, 0.2) is 24.4 Å². The van der Waals surface area contributed by atoms with Gasteiger partial charge in [-0.3, -0.25) is 0 Å². The van der Waals surface area contributed by atoms with Crippen LogP contribution in [0.25, 0.3) is 10.8 Å². The molecule has 1 heterocycles. The summed E-state index contributed by atoms with van der Waals surface area (Å²) in [6.07, 6.45) is 1.42. The van der Waals surface area contributed by atoms with Crippen molar-refractivity contribution in [2.45, 2.75) is 19.9 Å². The summed E-state index contributed by atoms with van der Waals surface area (Å²) in [6, 6.07) is 3.40. The Morgan fingerprint density at radius 3 is 2.70 bits per heavy atom. The van der Waals surface area contributed by atoms with E-state index in [-0.39, 0.29) is 11.7 Å².